The lowest BCUT2D eigenvalue weighted by Gasteiger charge is -2.34. The zero-order chi connectivity index (χ0) is 19.8. The quantitative estimate of drug-likeness (QED) is 0.780. The van der Waals surface area contributed by atoms with Crippen molar-refractivity contribution in [1.82, 2.24) is 9.21 Å². The predicted octanol–water partition coefficient (Wildman–Crippen LogP) is 2.83. The molecule has 0 unspecified atom stereocenters. The van der Waals surface area contributed by atoms with Gasteiger partial charge in [0.1, 0.15) is 5.75 Å². The summed E-state index contributed by atoms with van der Waals surface area (Å²) >= 11 is 1.49. The van der Waals surface area contributed by atoms with Gasteiger partial charge in [0.05, 0.1) is 12.0 Å². The van der Waals surface area contributed by atoms with Gasteiger partial charge in [0.2, 0.25) is 10.0 Å². The summed E-state index contributed by atoms with van der Waals surface area (Å²) in [6, 6.07) is 7.10. The van der Waals surface area contributed by atoms with Crippen LogP contribution < -0.4 is 4.74 Å². The smallest absolute Gasteiger partial charge is 0.254 e. The van der Waals surface area contributed by atoms with E-state index < -0.39 is 10.0 Å². The summed E-state index contributed by atoms with van der Waals surface area (Å²) in [5, 5.41) is 0. The number of rotatable bonds is 4. The minimum absolute atomic E-state index is 0.104. The average Bonchev–Trinajstić information content (AvgIpc) is 3.00. The van der Waals surface area contributed by atoms with Gasteiger partial charge in [-0.05, 0) is 44.5 Å². The van der Waals surface area contributed by atoms with Crippen molar-refractivity contribution in [2.75, 3.05) is 33.3 Å². The Labute approximate surface area is 164 Å². The molecule has 27 heavy (non-hydrogen) atoms. The fourth-order valence-electron chi connectivity index (χ4n) is 3.27. The van der Waals surface area contributed by atoms with E-state index in [1.807, 2.05) is 26.8 Å². The highest BCUT2D eigenvalue weighted by Crippen LogP contribution is 2.28. The van der Waals surface area contributed by atoms with Gasteiger partial charge in [0.25, 0.3) is 5.91 Å². The molecule has 0 atom stereocenters. The van der Waals surface area contributed by atoms with Crippen LogP contribution in [0.3, 0.4) is 0 Å². The number of thiophene rings is 1. The monoisotopic (exact) mass is 408 g/mol. The Morgan fingerprint density at radius 2 is 1.74 bits per heavy atom. The predicted molar refractivity (Wildman–Crippen MR) is 106 cm³/mol. The third kappa shape index (κ3) is 3.88. The van der Waals surface area contributed by atoms with Crippen molar-refractivity contribution in [2.45, 2.75) is 25.7 Å². The lowest BCUT2D eigenvalue weighted by Crippen LogP contribution is -2.50. The fraction of sp³-hybridized carbons (Fsp3) is 0.421. The molecule has 1 saturated heterocycles. The van der Waals surface area contributed by atoms with Gasteiger partial charge in [-0.25, -0.2) is 8.42 Å². The number of ether oxygens (including phenoxy) is 1. The summed E-state index contributed by atoms with van der Waals surface area (Å²) < 4.78 is 32.6. The third-order valence-electron chi connectivity index (χ3n) is 4.79. The molecule has 8 heteroatoms. The van der Waals surface area contributed by atoms with Gasteiger partial charge < -0.3 is 9.64 Å². The molecule has 2 heterocycles. The molecule has 0 N–H and O–H groups in total. The van der Waals surface area contributed by atoms with E-state index in [1.54, 1.807) is 30.2 Å². The standard InChI is InChI=1S/C19H24N2O4S2/c1-13-5-6-16(12-17(13)25-4)19(22)20-7-9-21(10-8-20)27(23,24)18-11-14(2)26-15(18)3/h5-6,11-12H,7-10H2,1-4H3. The van der Waals surface area contributed by atoms with Crippen molar-refractivity contribution >= 4 is 27.3 Å². The molecule has 6 nitrogen and oxygen atoms in total. The Hall–Kier alpha value is -1.90. The van der Waals surface area contributed by atoms with Crippen molar-refractivity contribution in [2.24, 2.45) is 0 Å². The second kappa shape index (κ2) is 7.61. The number of carbonyl (C=O) groups excluding carboxylic acids is 1. The highest BCUT2D eigenvalue weighted by molar-refractivity contribution is 7.89. The normalized spacial score (nSPS) is 15.8. The summed E-state index contributed by atoms with van der Waals surface area (Å²) in [6.45, 7) is 6.99. The summed E-state index contributed by atoms with van der Waals surface area (Å²) in [5.41, 5.74) is 1.52. The summed E-state index contributed by atoms with van der Waals surface area (Å²) in [6.07, 6.45) is 0. The van der Waals surface area contributed by atoms with Gasteiger partial charge in [-0.15, -0.1) is 11.3 Å². The van der Waals surface area contributed by atoms with E-state index in [0.29, 0.717) is 42.4 Å². The van der Waals surface area contributed by atoms with E-state index in [0.717, 1.165) is 15.3 Å². The van der Waals surface area contributed by atoms with Gasteiger partial charge in [0.15, 0.2) is 0 Å². The number of nitrogens with zero attached hydrogens (tertiary/aromatic N) is 2. The number of amides is 1. The lowest BCUT2D eigenvalue weighted by molar-refractivity contribution is 0.0697. The topological polar surface area (TPSA) is 66.9 Å². The van der Waals surface area contributed by atoms with Crippen molar-refractivity contribution in [3.8, 4) is 5.75 Å². The molecule has 146 valence electrons. The molecule has 3 rings (SSSR count). The molecule has 0 saturated carbocycles. The Morgan fingerprint density at radius 3 is 2.30 bits per heavy atom. The van der Waals surface area contributed by atoms with Crippen LogP contribution in [0.15, 0.2) is 29.2 Å². The number of benzene rings is 1. The number of piperazine rings is 1. The molecule has 1 aromatic heterocycles. The van der Waals surface area contributed by atoms with E-state index in [1.165, 1.54) is 15.6 Å². The first-order valence-corrected chi connectivity index (χ1v) is 11.0. The maximum absolute atomic E-state index is 12.9. The largest absolute Gasteiger partial charge is 0.496 e. The summed E-state index contributed by atoms with van der Waals surface area (Å²) in [5.74, 6) is 0.568. The maximum atomic E-state index is 12.9. The van der Waals surface area contributed by atoms with Gasteiger partial charge in [0, 0.05) is 41.5 Å². The number of methoxy groups -OCH3 is 1. The van der Waals surface area contributed by atoms with E-state index in [2.05, 4.69) is 0 Å². The van der Waals surface area contributed by atoms with Crippen LogP contribution in [0, 0.1) is 20.8 Å². The van der Waals surface area contributed by atoms with Gasteiger partial charge >= 0.3 is 0 Å². The van der Waals surface area contributed by atoms with Gasteiger partial charge in [-0.2, -0.15) is 4.31 Å². The minimum atomic E-state index is -3.52. The molecular weight excluding hydrogens is 384 g/mol. The molecule has 1 fully saturated rings. The highest BCUT2D eigenvalue weighted by Gasteiger charge is 2.32. The van der Waals surface area contributed by atoms with Crippen molar-refractivity contribution in [1.29, 1.82) is 0 Å². The van der Waals surface area contributed by atoms with Crippen molar-refractivity contribution in [3.05, 3.63) is 45.1 Å². The lowest BCUT2D eigenvalue weighted by atomic mass is 10.1. The first-order valence-electron chi connectivity index (χ1n) is 8.75. The van der Waals surface area contributed by atoms with E-state index >= 15 is 0 Å². The van der Waals surface area contributed by atoms with Crippen LogP contribution in [0.2, 0.25) is 0 Å². The molecule has 1 aliphatic rings. The van der Waals surface area contributed by atoms with E-state index in [-0.39, 0.29) is 5.91 Å². The van der Waals surface area contributed by atoms with E-state index in [9.17, 15) is 13.2 Å². The maximum Gasteiger partial charge on any atom is 0.254 e. The minimum Gasteiger partial charge on any atom is -0.496 e. The third-order valence-corrected chi connectivity index (χ3v) is 7.91. The molecule has 2 aromatic rings. The van der Waals surface area contributed by atoms with Crippen LogP contribution in [0.5, 0.6) is 5.75 Å². The SMILES string of the molecule is COc1cc(C(=O)N2CCN(S(=O)(=O)c3cc(C)sc3C)CC2)ccc1C. The molecule has 1 aliphatic heterocycles. The molecule has 1 amide bonds. The number of sulfonamides is 1. The Bertz CT molecular complexity index is 958. The second-order valence-corrected chi connectivity index (χ2v) is 10.0. The van der Waals surface area contributed by atoms with Crippen LogP contribution >= 0.6 is 11.3 Å². The second-order valence-electron chi connectivity index (χ2n) is 6.66. The van der Waals surface area contributed by atoms with Crippen LogP contribution in [0.4, 0.5) is 0 Å². The van der Waals surface area contributed by atoms with Crippen LogP contribution in [0.1, 0.15) is 25.7 Å². The molecule has 0 spiro atoms. The zero-order valence-electron chi connectivity index (χ0n) is 16.0. The molecule has 0 aliphatic carbocycles. The number of carbonyl (C=O) groups is 1. The Balaban J connectivity index is 1.71. The van der Waals surface area contributed by atoms with Crippen LogP contribution in [0.25, 0.3) is 0 Å². The highest BCUT2D eigenvalue weighted by atomic mass is 32.2. The Kier molecular flexibility index (Phi) is 5.60. The first kappa shape index (κ1) is 19.9. The summed E-state index contributed by atoms with van der Waals surface area (Å²) in [4.78, 5) is 16.6. The first-order chi connectivity index (χ1) is 12.7. The molecule has 0 radical (unpaired) electrons. The van der Waals surface area contributed by atoms with Crippen molar-refractivity contribution < 1.29 is 17.9 Å². The van der Waals surface area contributed by atoms with Gasteiger partial charge in [-0.3, -0.25) is 4.79 Å². The summed E-state index contributed by atoms with van der Waals surface area (Å²) in [7, 11) is -1.94. The molecule has 0 bridgehead atoms. The van der Waals surface area contributed by atoms with Crippen molar-refractivity contribution in [3.63, 3.8) is 0 Å². The Morgan fingerprint density at radius 1 is 1.07 bits per heavy atom. The number of hydrogen-bond donors (Lipinski definition) is 0. The van der Waals surface area contributed by atoms with Crippen LogP contribution in [-0.2, 0) is 10.0 Å². The molecular formula is C19H24N2O4S2. The zero-order valence-corrected chi connectivity index (χ0v) is 17.6. The fourth-order valence-corrected chi connectivity index (χ4v) is 6.22. The van der Waals surface area contributed by atoms with Crippen LogP contribution in [-0.4, -0.2) is 56.8 Å². The van der Waals surface area contributed by atoms with Gasteiger partial charge in [-0.1, -0.05) is 6.07 Å². The molecule has 1 aromatic carbocycles. The number of hydrogen-bond acceptors (Lipinski definition) is 5. The average molecular weight is 409 g/mol. The van der Waals surface area contributed by atoms with E-state index in [4.69, 9.17) is 4.74 Å². The number of aryl methyl sites for hydroxylation is 3.